The molecule has 2 aromatic heterocycles. The van der Waals surface area contributed by atoms with E-state index in [2.05, 4.69) is 10.2 Å². The Labute approximate surface area is 202 Å². The summed E-state index contributed by atoms with van der Waals surface area (Å²) < 4.78 is 40.4. The number of hydrogen-bond donors (Lipinski definition) is 0. The van der Waals surface area contributed by atoms with Gasteiger partial charge in [0.05, 0.1) is 29.9 Å². The molecule has 0 atom stereocenters. The molecule has 0 bridgehead atoms. The van der Waals surface area contributed by atoms with Crippen molar-refractivity contribution in [2.24, 2.45) is 0 Å². The lowest BCUT2D eigenvalue weighted by Gasteiger charge is -2.26. The molecule has 0 amide bonds. The Morgan fingerprint density at radius 2 is 1.79 bits per heavy atom. The fourth-order valence-corrected chi connectivity index (χ4v) is 6.22. The van der Waals surface area contributed by atoms with Gasteiger partial charge >= 0.3 is 0 Å². The van der Waals surface area contributed by atoms with E-state index in [9.17, 15) is 8.42 Å². The zero-order chi connectivity index (χ0) is 23.5. The molecular weight excluding hydrogens is 472 g/mol. The number of hydrogen-bond acceptors (Lipinski definition) is 7. The van der Waals surface area contributed by atoms with Crippen molar-refractivity contribution in [2.45, 2.75) is 22.7 Å². The van der Waals surface area contributed by atoms with Crippen LogP contribution in [0.5, 0.6) is 0 Å². The monoisotopic (exact) mass is 496 g/mol. The topological polar surface area (TPSA) is 90.5 Å². The third kappa shape index (κ3) is 4.54. The van der Waals surface area contributed by atoms with Gasteiger partial charge in [-0.25, -0.2) is 8.42 Å². The van der Waals surface area contributed by atoms with Crippen LogP contribution in [0.3, 0.4) is 0 Å². The minimum atomic E-state index is -3.55. The number of furan rings is 1. The molecule has 2 aromatic carbocycles. The fourth-order valence-electron chi connectivity index (χ4n) is 3.84. The van der Waals surface area contributed by atoms with Crippen molar-refractivity contribution < 1.29 is 17.6 Å². The van der Waals surface area contributed by atoms with Gasteiger partial charge in [0.15, 0.2) is 11.0 Å². The van der Waals surface area contributed by atoms with Crippen LogP contribution in [0.4, 0.5) is 0 Å². The number of para-hydroxylation sites is 1. The third-order valence-corrected chi connectivity index (χ3v) is 8.52. The van der Waals surface area contributed by atoms with Gasteiger partial charge in [-0.05, 0) is 42.8 Å². The summed E-state index contributed by atoms with van der Waals surface area (Å²) in [4.78, 5) is 0.298. The fraction of sp³-hybridized carbons (Fsp3) is 0.250. The highest BCUT2D eigenvalue weighted by molar-refractivity contribution is 7.98. The number of sulfonamides is 1. The van der Waals surface area contributed by atoms with Gasteiger partial charge in [0.2, 0.25) is 10.0 Å². The van der Waals surface area contributed by atoms with Crippen LogP contribution in [0.1, 0.15) is 11.3 Å². The van der Waals surface area contributed by atoms with Crippen LogP contribution in [-0.2, 0) is 20.5 Å². The molecule has 4 aromatic rings. The van der Waals surface area contributed by atoms with Crippen molar-refractivity contribution in [3.63, 3.8) is 0 Å². The summed E-state index contributed by atoms with van der Waals surface area (Å²) in [5, 5.41) is 9.60. The second-order valence-electron chi connectivity index (χ2n) is 7.82. The van der Waals surface area contributed by atoms with Gasteiger partial charge in [-0.15, -0.1) is 10.2 Å². The lowest BCUT2D eigenvalue weighted by Crippen LogP contribution is -2.40. The first-order chi connectivity index (χ1) is 16.5. The van der Waals surface area contributed by atoms with Crippen LogP contribution >= 0.6 is 11.8 Å². The second kappa shape index (κ2) is 9.75. The van der Waals surface area contributed by atoms with E-state index in [1.807, 2.05) is 54.0 Å². The molecule has 3 heterocycles. The Hall–Kier alpha value is -2.92. The maximum atomic E-state index is 13.0. The molecule has 5 rings (SSSR count). The number of rotatable bonds is 7. The number of morpholine rings is 1. The van der Waals surface area contributed by atoms with E-state index < -0.39 is 10.0 Å². The summed E-state index contributed by atoms with van der Waals surface area (Å²) in [6.45, 7) is 3.48. The van der Waals surface area contributed by atoms with E-state index in [1.54, 1.807) is 24.5 Å². The molecule has 176 valence electrons. The average Bonchev–Trinajstić information content (AvgIpc) is 3.49. The van der Waals surface area contributed by atoms with Crippen LogP contribution in [0.15, 0.2) is 81.4 Å². The summed E-state index contributed by atoms with van der Waals surface area (Å²) in [6.07, 6.45) is 1.64. The second-order valence-corrected chi connectivity index (χ2v) is 10.7. The minimum absolute atomic E-state index is 0.298. The zero-order valence-electron chi connectivity index (χ0n) is 18.6. The predicted molar refractivity (Wildman–Crippen MR) is 129 cm³/mol. The van der Waals surface area contributed by atoms with Gasteiger partial charge in [-0.1, -0.05) is 42.1 Å². The Morgan fingerprint density at radius 3 is 2.53 bits per heavy atom. The molecule has 0 aliphatic carbocycles. The summed E-state index contributed by atoms with van der Waals surface area (Å²) in [7, 11) is -3.55. The summed E-state index contributed by atoms with van der Waals surface area (Å²) >= 11 is 1.50. The third-order valence-electron chi connectivity index (χ3n) is 5.62. The minimum Gasteiger partial charge on any atom is -0.469 e. The Kier molecular flexibility index (Phi) is 6.55. The summed E-state index contributed by atoms with van der Waals surface area (Å²) in [5.74, 6) is 2.01. The molecule has 8 nitrogen and oxygen atoms in total. The molecule has 10 heteroatoms. The number of nitrogens with zero attached hydrogens (tertiary/aromatic N) is 4. The van der Waals surface area contributed by atoms with E-state index in [1.165, 1.54) is 16.1 Å². The average molecular weight is 497 g/mol. The molecule has 0 radical (unpaired) electrons. The van der Waals surface area contributed by atoms with Crippen LogP contribution < -0.4 is 0 Å². The van der Waals surface area contributed by atoms with Crippen LogP contribution in [0.2, 0.25) is 0 Å². The largest absolute Gasteiger partial charge is 0.469 e. The van der Waals surface area contributed by atoms with Crippen molar-refractivity contribution in [3.8, 4) is 17.1 Å². The molecule has 34 heavy (non-hydrogen) atoms. The van der Waals surface area contributed by atoms with E-state index in [0.29, 0.717) is 47.9 Å². The number of benzene rings is 2. The normalized spacial score (nSPS) is 15.0. The SMILES string of the molecule is Cc1occc1-c1nnc(SCc2cccc(S(=O)(=O)N3CCOCC3)c2)n1-c1ccccc1. The van der Waals surface area contributed by atoms with Crippen molar-refractivity contribution in [1.29, 1.82) is 0 Å². The Bertz CT molecular complexity index is 1380. The van der Waals surface area contributed by atoms with Gasteiger partial charge in [-0.3, -0.25) is 4.57 Å². The first kappa shape index (κ1) is 22.9. The van der Waals surface area contributed by atoms with E-state index in [4.69, 9.17) is 9.15 Å². The number of aryl methyl sites for hydroxylation is 1. The van der Waals surface area contributed by atoms with Crippen molar-refractivity contribution in [3.05, 3.63) is 78.3 Å². The van der Waals surface area contributed by atoms with Gasteiger partial charge in [-0.2, -0.15) is 4.31 Å². The Morgan fingerprint density at radius 1 is 1.00 bits per heavy atom. The highest BCUT2D eigenvalue weighted by atomic mass is 32.2. The quantitative estimate of drug-likeness (QED) is 0.355. The first-order valence-corrected chi connectivity index (χ1v) is 13.3. The summed E-state index contributed by atoms with van der Waals surface area (Å²) in [6, 6.07) is 18.9. The van der Waals surface area contributed by atoms with Crippen molar-refractivity contribution in [1.82, 2.24) is 19.1 Å². The first-order valence-electron chi connectivity index (χ1n) is 10.9. The maximum absolute atomic E-state index is 13.0. The molecule has 0 N–H and O–H groups in total. The standard InChI is InChI=1S/C24H24N4O4S2/c1-18-22(10-13-32-18)23-25-26-24(28(23)20-7-3-2-4-8-20)33-17-19-6-5-9-21(16-19)34(29,30)27-11-14-31-15-12-27/h2-10,13,16H,11-12,14-15,17H2,1H3. The lowest BCUT2D eigenvalue weighted by atomic mass is 10.2. The highest BCUT2D eigenvalue weighted by Gasteiger charge is 2.26. The van der Waals surface area contributed by atoms with Gasteiger partial charge in [0.1, 0.15) is 5.76 Å². The van der Waals surface area contributed by atoms with E-state index in [0.717, 1.165) is 22.6 Å². The van der Waals surface area contributed by atoms with Crippen LogP contribution in [-0.4, -0.2) is 53.8 Å². The Balaban J connectivity index is 1.43. The maximum Gasteiger partial charge on any atom is 0.243 e. The number of thioether (sulfide) groups is 1. The van der Waals surface area contributed by atoms with Crippen molar-refractivity contribution >= 4 is 21.8 Å². The van der Waals surface area contributed by atoms with Gasteiger partial charge in [0, 0.05) is 24.5 Å². The molecule has 0 unspecified atom stereocenters. The van der Waals surface area contributed by atoms with Gasteiger partial charge in [0.25, 0.3) is 0 Å². The van der Waals surface area contributed by atoms with Crippen LogP contribution in [0.25, 0.3) is 17.1 Å². The lowest BCUT2D eigenvalue weighted by molar-refractivity contribution is 0.0730. The molecule has 0 saturated carbocycles. The predicted octanol–water partition coefficient (Wildman–Crippen LogP) is 4.15. The number of ether oxygens (including phenoxy) is 1. The van der Waals surface area contributed by atoms with E-state index >= 15 is 0 Å². The molecular formula is C24H24N4O4S2. The summed E-state index contributed by atoms with van der Waals surface area (Å²) in [5.41, 5.74) is 2.71. The molecule has 1 aliphatic rings. The van der Waals surface area contributed by atoms with Crippen molar-refractivity contribution in [2.75, 3.05) is 26.3 Å². The highest BCUT2D eigenvalue weighted by Crippen LogP contribution is 2.32. The van der Waals surface area contributed by atoms with Crippen LogP contribution in [0, 0.1) is 6.92 Å². The smallest absolute Gasteiger partial charge is 0.243 e. The molecule has 1 fully saturated rings. The molecule has 0 spiro atoms. The number of aromatic nitrogens is 3. The zero-order valence-corrected chi connectivity index (χ0v) is 20.3. The molecule has 1 aliphatic heterocycles. The molecule has 1 saturated heterocycles. The van der Waals surface area contributed by atoms with Gasteiger partial charge < -0.3 is 9.15 Å². The van der Waals surface area contributed by atoms with E-state index in [-0.39, 0.29) is 0 Å².